The molecule has 34 heavy (non-hydrogen) atoms. The topological polar surface area (TPSA) is 97.1 Å². The Morgan fingerprint density at radius 1 is 0.971 bits per heavy atom. The number of pyridine rings is 1. The molecule has 6 nitrogen and oxygen atoms in total. The minimum atomic E-state index is -4.62. The zero-order valence-electron chi connectivity index (χ0n) is 16.7. The summed E-state index contributed by atoms with van der Waals surface area (Å²) in [6, 6.07) is 6.43. The molecule has 0 aliphatic carbocycles. The Balaban J connectivity index is 1.80. The molecule has 3 rings (SSSR count). The van der Waals surface area contributed by atoms with Crippen molar-refractivity contribution in [1.29, 1.82) is 0 Å². The number of halogens is 7. The maximum absolute atomic E-state index is 14.7. The highest BCUT2D eigenvalue weighted by atomic mass is 35.5. The van der Waals surface area contributed by atoms with E-state index in [0.717, 1.165) is 36.5 Å². The molecule has 4 N–H and O–H groups in total. The molecular weight excluding hydrogens is 506 g/mol. The average Bonchev–Trinajstić information content (AvgIpc) is 2.73. The van der Waals surface area contributed by atoms with Gasteiger partial charge in [0, 0.05) is 16.8 Å². The van der Waals surface area contributed by atoms with Crippen molar-refractivity contribution in [3.63, 3.8) is 0 Å². The predicted molar refractivity (Wildman–Crippen MR) is 117 cm³/mol. The van der Waals surface area contributed by atoms with Gasteiger partial charge in [0.1, 0.15) is 23.9 Å². The molecule has 0 atom stereocenters. The van der Waals surface area contributed by atoms with Crippen LogP contribution in [0, 0.1) is 11.6 Å². The number of carbonyl (C=O) groups is 2. The SMILES string of the molecule is Nc1cc(F)ccc1-c1cc(Cl)c(C(=O)Nc2cnc(C(=O)NCC(F)(F)F)c(Cl)c2)cc1F. The summed E-state index contributed by atoms with van der Waals surface area (Å²) in [6.45, 7) is -1.58. The van der Waals surface area contributed by atoms with Crippen molar-refractivity contribution in [3.8, 4) is 11.1 Å². The molecule has 0 unspecified atom stereocenters. The van der Waals surface area contributed by atoms with Crippen LogP contribution >= 0.6 is 23.2 Å². The number of carbonyl (C=O) groups excluding carboxylic acids is 2. The van der Waals surface area contributed by atoms with Gasteiger partial charge in [-0.25, -0.2) is 13.8 Å². The van der Waals surface area contributed by atoms with Gasteiger partial charge in [-0.2, -0.15) is 13.2 Å². The fourth-order valence-electron chi connectivity index (χ4n) is 2.84. The van der Waals surface area contributed by atoms with Crippen molar-refractivity contribution < 1.29 is 31.5 Å². The van der Waals surface area contributed by atoms with Crippen molar-refractivity contribution in [2.45, 2.75) is 6.18 Å². The minimum absolute atomic E-state index is 0.0350. The lowest BCUT2D eigenvalue weighted by Gasteiger charge is -2.12. The summed E-state index contributed by atoms with van der Waals surface area (Å²) in [7, 11) is 0. The Kier molecular flexibility index (Phi) is 7.27. The van der Waals surface area contributed by atoms with E-state index in [0.29, 0.717) is 0 Å². The summed E-state index contributed by atoms with van der Waals surface area (Å²) in [5.41, 5.74) is 5.01. The van der Waals surface area contributed by atoms with Crippen LogP contribution in [-0.2, 0) is 0 Å². The second-order valence-electron chi connectivity index (χ2n) is 6.85. The lowest BCUT2D eigenvalue weighted by molar-refractivity contribution is -0.123. The molecule has 2 aromatic carbocycles. The van der Waals surface area contributed by atoms with E-state index in [4.69, 9.17) is 28.9 Å². The molecule has 1 aromatic heterocycles. The Morgan fingerprint density at radius 2 is 1.68 bits per heavy atom. The highest BCUT2D eigenvalue weighted by Crippen LogP contribution is 2.33. The number of alkyl halides is 3. The van der Waals surface area contributed by atoms with Gasteiger partial charge in [0.15, 0.2) is 0 Å². The summed E-state index contributed by atoms with van der Waals surface area (Å²) in [5.74, 6) is -3.50. The van der Waals surface area contributed by atoms with E-state index in [2.05, 4.69) is 10.3 Å². The van der Waals surface area contributed by atoms with Gasteiger partial charge in [-0.3, -0.25) is 9.59 Å². The van der Waals surface area contributed by atoms with Gasteiger partial charge in [0.2, 0.25) is 0 Å². The number of nitrogens with one attached hydrogen (secondary N) is 2. The van der Waals surface area contributed by atoms with Crippen molar-refractivity contribution >= 4 is 46.4 Å². The van der Waals surface area contributed by atoms with Crippen LogP contribution in [0.5, 0.6) is 0 Å². The molecule has 0 spiro atoms. The second kappa shape index (κ2) is 9.82. The normalized spacial score (nSPS) is 11.3. The number of hydrogen-bond donors (Lipinski definition) is 3. The number of nitrogens with two attached hydrogens (primary N) is 1. The van der Waals surface area contributed by atoms with E-state index in [-0.39, 0.29) is 38.1 Å². The molecule has 2 amide bonds. The Morgan fingerprint density at radius 3 is 2.29 bits per heavy atom. The first-order valence-corrected chi connectivity index (χ1v) is 9.97. The number of nitrogen functional groups attached to an aromatic ring is 1. The van der Waals surface area contributed by atoms with Crippen LogP contribution < -0.4 is 16.4 Å². The number of rotatable bonds is 5. The number of hydrogen-bond acceptors (Lipinski definition) is 4. The van der Waals surface area contributed by atoms with Gasteiger partial charge < -0.3 is 16.4 Å². The van der Waals surface area contributed by atoms with E-state index in [1.807, 2.05) is 0 Å². The molecule has 0 fully saturated rings. The number of benzene rings is 2. The molecular formula is C21H13Cl2F5N4O2. The van der Waals surface area contributed by atoms with E-state index < -0.39 is 41.9 Å². The van der Waals surface area contributed by atoms with Crippen LogP contribution in [0.3, 0.4) is 0 Å². The standard InChI is InChI=1S/C21H13Cl2F5N4O2/c22-14-5-12(11-2-1-9(24)3-17(11)29)16(25)6-13(14)19(33)32-10-4-15(23)18(30-7-10)20(34)31-8-21(26,27)28/h1-7H,8,29H2,(H,31,34)(H,32,33). The molecule has 0 saturated carbocycles. The zero-order chi connectivity index (χ0) is 25.2. The Hall–Kier alpha value is -3.44. The maximum Gasteiger partial charge on any atom is 0.405 e. The third-order valence-electron chi connectivity index (χ3n) is 4.37. The van der Waals surface area contributed by atoms with E-state index in [1.165, 1.54) is 6.07 Å². The Labute approximate surface area is 198 Å². The number of nitrogens with zero attached hydrogens (tertiary/aromatic N) is 1. The summed E-state index contributed by atoms with van der Waals surface area (Å²) in [5, 5.41) is 3.47. The fourth-order valence-corrected chi connectivity index (χ4v) is 3.34. The minimum Gasteiger partial charge on any atom is -0.398 e. The van der Waals surface area contributed by atoms with Crippen molar-refractivity contribution in [1.82, 2.24) is 10.3 Å². The quantitative estimate of drug-likeness (QED) is 0.308. The van der Waals surface area contributed by atoms with E-state index in [9.17, 15) is 31.5 Å². The smallest absolute Gasteiger partial charge is 0.398 e. The maximum atomic E-state index is 14.7. The third-order valence-corrected chi connectivity index (χ3v) is 4.97. The summed E-state index contributed by atoms with van der Waals surface area (Å²) in [4.78, 5) is 28.0. The molecule has 178 valence electrons. The second-order valence-corrected chi connectivity index (χ2v) is 7.66. The fraction of sp³-hybridized carbons (Fsp3) is 0.0952. The van der Waals surface area contributed by atoms with Gasteiger partial charge >= 0.3 is 6.18 Å². The van der Waals surface area contributed by atoms with Crippen LogP contribution in [0.4, 0.5) is 33.3 Å². The van der Waals surface area contributed by atoms with Gasteiger partial charge in [-0.15, -0.1) is 0 Å². The van der Waals surface area contributed by atoms with Crippen LogP contribution in [-0.4, -0.2) is 29.5 Å². The third kappa shape index (κ3) is 5.91. The zero-order valence-corrected chi connectivity index (χ0v) is 18.2. The molecule has 0 saturated heterocycles. The summed E-state index contributed by atoms with van der Waals surface area (Å²) >= 11 is 12.0. The lowest BCUT2D eigenvalue weighted by atomic mass is 10.0. The van der Waals surface area contributed by atoms with Crippen LogP contribution in [0.25, 0.3) is 11.1 Å². The monoisotopic (exact) mass is 518 g/mol. The summed E-state index contributed by atoms with van der Waals surface area (Å²) in [6.07, 6.45) is -3.65. The first-order valence-electron chi connectivity index (χ1n) is 9.22. The van der Waals surface area contributed by atoms with Crippen LogP contribution in [0.15, 0.2) is 42.6 Å². The molecule has 0 aliphatic rings. The predicted octanol–water partition coefficient (Wildman–Crippen LogP) is 5.46. The van der Waals surface area contributed by atoms with E-state index >= 15 is 0 Å². The first-order chi connectivity index (χ1) is 15.9. The van der Waals surface area contributed by atoms with Crippen molar-refractivity contribution in [2.75, 3.05) is 17.6 Å². The number of anilines is 2. The van der Waals surface area contributed by atoms with Gasteiger partial charge in [-0.1, -0.05) is 23.2 Å². The highest BCUT2D eigenvalue weighted by molar-refractivity contribution is 6.35. The first kappa shape index (κ1) is 25.2. The number of amides is 2. The average molecular weight is 519 g/mol. The molecule has 1 heterocycles. The van der Waals surface area contributed by atoms with Gasteiger partial charge in [0.25, 0.3) is 11.8 Å². The van der Waals surface area contributed by atoms with Crippen molar-refractivity contribution in [2.24, 2.45) is 0 Å². The Bertz CT molecular complexity index is 1280. The largest absolute Gasteiger partial charge is 0.405 e. The summed E-state index contributed by atoms with van der Waals surface area (Å²) < 4.78 is 64.7. The van der Waals surface area contributed by atoms with Crippen molar-refractivity contribution in [3.05, 3.63) is 75.5 Å². The van der Waals surface area contributed by atoms with Crippen LogP contribution in [0.1, 0.15) is 20.8 Å². The van der Waals surface area contributed by atoms with Gasteiger partial charge in [-0.05, 0) is 36.4 Å². The van der Waals surface area contributed by atoms with Gasteiger partial charge in [0.05, 0.1) is 27.5 Å². The molecule has 3 aromatic rings. The lowest BCUT2D eigenvalue weighted by Crippen LogP contribution is -2.34. The molecule has 0 bridgehead atoms. The number of aromatic nitrogens is 1. The highest BCUT2D eigenvalue weighted by Gasteiger charge is 2.28. The van der Waals surface area contributed by atoms with E-state index in [1.54, 1.807) is 5.32 Å². The molecule has 13 heteroatoms. The molecule has 0 aliphatic heterocycles. The van der Waals surface area contributed by atoms with Crippen LogP contribution in [0.2, 0.25) is 10.0 Å². The molecule has 0 radical (unpaired) electrons.